The van der Waals surface area contributed by atoms with Crippen molar-refractivity contribution in [2.24, 2.45) is 5.84 Å². The first-order chi connectivity index (χ1) is 8.01. The molecule has 0 atom stereocenters. The molecule has 17 heavy (non-hydrogen) atoms. The molecule has 5 nitrogen and oxygen atoms in total. The van der Waals surface area contributed by atoms with Crippen LogP contribution in [0.25, 0.3) is 0 Å². The van der Waals surface area contributed by atoms with E-state index >= 15 is 0 Å². The summed E-state index contributed by atoms with van der Waals surface area (Å²) >= 11 is 0. The Morgan fingerprint density at radius 2 is 2.12 bits per heavy atom. The minimum Gasteiger partial charge on any atom is -0.395 e. The Labute approximate surface area is 98.2 Å². The highest BCUT2D eigenvalue weighted by Crippen LogP contribution is 2.23. The van der Waals surface area contributed by atoms with Gasteiger partial charge in [-0.1, -0.05) is 0 Å². The lowest BCUT2D eigenvalue weighted by Crippen LogP contribution is -2.35. The lowest BCUT2D eigenvalue weighted by molar-refractivity contribution is 0.298. The first-order valence-electron chi connectivity index (χ1n) is 5.21. The number of hydrogen-bond donors (Lipinski definition) is 3. The summed E-state index contributed by atoms with van der Waals surface area (Å²) in [6.45, 7) is 3.69. The van der Waals surface area contributed by atoms with Crippen molar-refractivity contribution in [3.63, 3.8) is 0 Å². The third-order valence-corrected chi connectivity index (χ3v) is 2.28. The van der Waals surface area contributed by atoms with E-state index in [0.29, 0.717) is 6.07 Å². The first kappa shape index (κ1) is 13.6. The van der Waals surface area contributed by atoms with Gasteiger partial charge in [0.2, 0.25) is 0 Å². The minimum atomic E-state index is -0.860. The fourth-order valence-corrected chi connectivity index (χ4v) is 1.48. The fourth-order valence-electron chi connectivity index (χ4n) is 1.48. The summed E-state index contributed by atoms with van der Waals surface area (Å²) in [6.07, 6.45) is 0. The molecule has 96 valence electrons. The van der Waals surface area contributed by atoms with Gasteiger partial charge >= 0.3 is 0 Å². The molecule has 0 radical (unpaired) electrons. The second-order valence-corrected chi connectivity index (χ2v) is 3.78. The van der Waals surface area contributed by atoms with Crippen molar-refractivity contribution in [3.8, 4) is 0 Å². The van der Waals surface area contributed by atoms with Gasteiger partial charge in [-0.2, -0.15) is 0 Å². The monoisotopic (exact) mass is 246 g/mol. The smallest absolute Gasteiger partial charge is 0.178 e. The van der Waals surface area contributed by atoms with Gasteiger partial charge in [-0.05, 0) is 13.8 Å². The molecule has 1 aromatic heterocycles. The van der Waals surface area contributed by atoms with Crippen molar-refractivity contribution >= 4 is 11.6 Å². The van der Waals surface area contributed by atoms with Crippen molar-refractivity contribution in [1.29, 1.82) is 0 Å². The Morgan fingerprint density at radius 1 is 1.47 bits per heavy atom. The molecule has 0 bridgehead atoms. The van der Waals surface area contributed by atoms with E-state index in [1.165, 1.54) is 4.90 Å². The molecule has 0 amide bonds. The third kappa shape index (κ3) is 3.01. The molecule has 0 aliphatic carbocycles. The van der Waals surface area contributed by atoms with E-state index in [9.17, 15) is 8.78 Å². The number of nitrogens with one attached hydrogen (secondary N) is 1. The number of halogens is 2. The molecule has 1 heterocycles. The Morgan fingerprint density at radius 3 is 2.59 bits per heavy atom. The molecule has 0 unspecified atom stereocenters. The quantitative estimate of drug-likeness (QED) is 0.530. The average Bonchev–Trinajstić information content (AvgIpc) is 2.26. The number of nitrogens with two attached hydrogens (primary N) is 1. The van der Waals surface area contributed by atoms with Crippen LogP contribution in [0.1, 0.15) is 13.8 Å². The topological polar surface area (TPSA) is 74.4 Å². The number of pyridine rings is 1. The standard InChI is InChI=1S/C10H16F2N4O/c1-6(2)16(3-4-17)10-8(12)5-7(11)9(14-10)15-13/h5-6,17H,3-4,13H2,1-2H3,(H,14,15). The molecule has 1 aromatic rings. The van der Waals surface area contributed by atoms with Crippen LogP contribution in [0, 0.1) is 11.6 Å². The zero-order chi connectivity index (χ0) is 13.0. The van der Waals surface area contributed by atoms with Crippen LogP contribution in [-0.4, -0.2) is 29.3 Å². The van der Waals surface area contributed by atoms with Crippen molar-refractivity contribution in [2.75, 3.05) is 23.5 Å². The zero-order valence-corrected chi connectivity index (χ0v) is 9.74. The van der Waals surface area contributed by atoms with Crippen LogP contribution in [0.3, 0.4) is 0 Å². The number of rotatable bonds is 5. The Kier molecular flexibility index (Phi) is 4.59. The Balaban J connectivity index is 3.18. The number of aromatic nitrogens is 1. The lowest BCUT2D eigenvalue weighted by atomic mass is 10.3. The second kappa shape index (κ2) is 5.74. The highest BCUT2D eigenvalue weighted by molar-refractivity contribution is 5.49. The molecule has 7 heteroatoms. The number of hydrazine groups is 1. The predicted octanol–water partition coefficient (Wildman–Crippen LogP) is 0.852. The van der Waals surface area contributed by atoms with Gasteiger partial charge in [-0.25, -0.2) is 19.6 Å². The van der Waals surface area contributed by atoms with Gasteiger partial charge in [-0.15, -0.1) is 0 Å². The number of nitrogens with zero attached hydrogens (tertiary/aromatic N) is 2. The second-order valence-electron chi connectivity index (χ2n) is 3.78. The van der Waals surface area contributed by atoms with Gasteiger partial charge < -0.3 is 15.4 Å². The zero-order valence-electron chi connectivity index (χ0n) is 9.74. The molecule has 0 saturated carbocycles. The maximum Gasteiger partial charge on any atom is 0.178 e. The van der Waals surface area contributed by atoms with Gasteiger partial charge in [0.1, 0.15) is 0 Å². The number of nitrogen functional groups attached to an aromatic ring is 1. The largest absolute Gasteiger partial charge is 0.395 e. The molecule has 0 aromatic carbocycles. The van der Waals surface area contributed by atoms with E-state index in [2.05, 4.69) is 10.4 Å². The summed E-state index contributed by atoms with van der Waals surface area (Å²) in [6, 6.07) is 0.629. The SMILES string of the molecule is CC(C)N(CCO)c1nc(NN)c(F)cc1F. The molecular formula is C10H16F2N4O. The first-order valence-corrected chi connectivity index (χ1v) is 5.21. The Bertz CT molecular complexity index is 387. The van der Waals surface area contributed by atoms with E-state index in [1.54, 1.807) is 0 Å². The van der Waals surface area contributed by atoms with Crippen molar-refractivity contribution in [1.82, 2.24) is 4.98 Å². The highest BCUT2D eigenvalue weighted by atomic mass is 19.1. The van der Waals surface area contributed by atoms with Crippen LogP contribution < -0.4 is 16.2 Å². The van der Waals surface area contributed by atoms with Crippen LogP contribution in [-0.2, 0) is 0 Å². The maximum absolute atomic E-state index is 13.6. The predicted molar refractivity (Wildman–Crippen MR) is 61.5 cm³/mol. The van der Waals surface area contributed by atoms with Crippen LogP contribution in [0.4, 0.5) is 20.4 Å². The van der Waals surface area contributed by atoms with Gasteiger partial charge in [-0.3, -0.25) is 0 Å². The number of hydrogen-bond acceptors (Lipinski definition) is 5. The van der Waals surface area contributed by atoms with E-state index in [4.69, 9.17) is 10.9 Å². The number of anilines is 2. The Hall–Kier alpha value is -1.47. The molecule has 0 aliphatic rings. The summed E-state index contributed by atoms with van der Waals surface area (Å²) in [5.41, 5.74) is 2.06. The van der Waals surface area contributed by atoms with Gasteiger partial charge in [0, 0.05) is 18.7 Å². The van der Waals surface area contributed by atoms with Crippen molar-refractivity contribution < 1.29 is 13.9 Å². The van der Waals surface area contributed by atoms with E-state index in [1.807, 2.05) is 13.8 Å². The minimum absolute atomic E-state index is 0.0385. The molecule has 0 saturated heterocycles. The normalized spacial score (nSPS) is 10.8. The molecule has 0 fully saturated rings. The maximum atomic E-state index is 13.6. The van der Waals surface area contributed by atoms with E-state index in [-0.39, 0.29) is 30.8 Å². The fraction of sp³-hybridized carbons (Fsp3) is 0.500. The summed E-state index contributed by atoms with van der Waals surface area (Å²) in [7, 11) is 0. The summed E-state index contributed by atoms with van der Waals surface area (Å²) < 4.78 is 26.8. The summed E-state index contributed by atoms with van der Waals surface area (Å²) in [5, 5.41) is 8.91. The lowest BCUT2D eigenvalue weighted by Gasteiger charge is -2.27. The van der Waals surface area contributed by atoms with Crippen LogP contribution in [0.15, 0.2) is 6.07 Å². The molecule has 0 spiro atoms. The van der Waals surface area contributed by atoms with Crippen LogP contribution in [0.5, 0.6) is 0 Å². The third-order valence-electron chi connectivity index (χ3n) is 2.28. The molecule has 4 N–H and O–H groups in total. The van der Waals surface area contributed by atoms with E-state index < -0.39 is 11.6 Å². The highest BCUT2D eigenvalue weighted by Gasteiger charge is 2.19. The molecule has 0 aliphatic heterocycles. The van der Waals surface area contributed by atoms with E-state index in [0.717, 1.165) is 0 Å². The summed E-state index contributed by atoms with van der Waals surface area (Å²) in [4.78, 5) is 5.28. The van der Waals surface area contributed by atoms with Gasteiger partial charge in [0.25, 0.3) is 0 Å². The van der Waals surface area contributed by atoms with Crippen LogP contribution in [0.2, 0.25) is 0 Å². The number of aliphatic hydroxyl groups is 1. The average molecular weight is 246 g/mol. The van der Waals surface area contributed by atoms with Gasteiger partial charge in [0.15, 0.2) is 23.3 Å². The molecular weight excluding hydrogens is 230 g/mol. The summed E-state index contributed by atoms with van der Waals surface area (Å²) in [5.74, 6) is 3.16. The molecule has 1 rings (SSSR count). The van der Waals surface area contributed by atoms with Crippen LogP contribution >= 0.6 is 0 Å². The number of aliphatic hydroxyl groups excluding tert-OH is 1. The van der Waals surface area contributed by atoms with Gasteiger partial charge in [0.05, 0.1) is 6.61 Å². The van der Waals surface area contributed by atoms with Crippen molar-refractivity contribution in [3.05, 3.63) is 17.7 Å². The van der Waals surface area contributed by atoms with Crippen molar-refractivity contribution in [2.45, 2.75) is 19.9 Å².